The van der Waals surface area contributed by atoms with Crippen molar-refractivity contribution in [3.63, 3.8) is 0 Å². The van der Waals surface area contributed by atoms with Crippen molar-refractivity contribution in [3.05, 3.63) is 138 Å². The molecule has 41 heavy (non-hydrogen) atoms. The molecular weight excluding hydrogens is 518 g/mol. The molecule has 0 saturated heterocycles. The van der Waals surface area contributed by atoms with Crippen LogP contribution in [0.1, 0.15) is 27.5 Å². The minimum absolute atomic E-state index is 0.336. The minimum atomic E-state index is -0.955. The minimum Gasteiger partial charge on any atom is -0.619 e. The zero-order valence-electron chi connectivity index (χ0n) is 22.6. The third-order valence-electron chi connectivity index (χ3n) is 6.85. The van der Waals surface area contributed by atoms with E-state index < -0.39 is 17.9 Å². The quantitative estimate of drug-likeness (QED) is 0.211. The Morgan fingerprint density at radius 3 is 2.10 bits per heavy atom. The van der Waals surface area contributed by atoms with Gasteiger partial charge in [-0.2, -0.15) is 9.83 Å². The standard InChI is InChI=1S/C32H29N5O4/c1-36-27(17-19-33-36)31(38)35-30(29(23-9-5-3-6-10-23)24-11-7-4-8-12-24)32(39)34-25-15-13-22(14-16-25)26-18-20-37(40)21-28(26)41-2/h3-21,29-30H,1-2H3,(H,34,39)(H,35,38). The number of ether oxygens (including phenoxy) is 1. The maximum Gasteiger partial charge on any atom is 0.270 e. The Morgan fingerprint density at radius 1 is 0.902 bits per heavy atom. The number of aryl methyl sites for hydroxylation is 1. The van der Waals surface area contributed by atoms with Crippen LogP contribution in [0.15, 0.2) is 116 Å². The lowest BCUT2D eigenvalue weighted by Gasteiger charge is -2.28. The van der Waals surface area contributed by atoms with Crippen LogP contribution < -0.4 is 20.1 Å². The molecule has 2 aromatic heterocycles. The molecule has 0 aliphatic carbocycles. The zero-order chi connectivity index (χ0) is 28.8. The van der Waals surface area contributed by atoms with Crippen LogP contribution in [0, 0.1) is 5.21 Å². The predicted octanol–water partition coefficient (Wildman–Crippen LogP) is 4.30. The summed E-state index contributed by atoms with van der Waals surface area (Å²) in [5.74, 6) is -0.827. The number of carbonyl (C=O) groups excluding carboxylic acids is 2. The molecule has 0 aliphatic rings. The second-order valence-electron chi connectivity index (χ2n) is 9.44. The highest BCUT2D eigenvalue weighted by atomic mass is 16.5. The Hall–Kier alpha value is -5.44. The summed E-state index contributed by atoms with van der Waals surface area (Å²) in [6.45, 7) is 0. The number of rotatable bonds is 9. The zero-order valence-corrected chi connectivity index (χ0v) is 22.6. The monoisotopic (exact) mass is 547 g/mol. The number of benzene rings is 3. The second kappa shape index (κ2) is 12.2. The number of pyridine rings is 1. The molecular formula is C32H29N5O4. The van der Waals surface area contributed by atoms with Crippen molar-refractivity contribution in [1.82, 2.24) is 15.1 Å². The molecule has 0 bridgehead atoms. The van der Waals surface area contributed by atoms with Gasteiger partial charge < -0.3 is 20.6 Å². The number of nitrogens with zero attached hydrogens (tertiary/aromatic N) is 3. The van der Waals surface area contributed by atoms with E-state index in [0.717, 1.165) is 22.3 Å². The van der Waals surface area contributed by atoms with Gasteiger partial charge in [0.1, 0.15) is 11.7 Å². The number of anilines is 1. The highest BCUT2D eigenvalue weighted by Crippen LogP contribution is 2.31. The van der Waals surface area contributed by atoms with Crippen molar-refractivity contribution in [3.8, 4) is 16.9 Å². The second-order valence-corrected chi connectivity index (χ2v) is 9.44. The molecule has 0 aliphatic heterocycles. The summed E-state index contributed by atoms with van der Waals surface area (Å²) in [6, 6.07) is 28.8. The van der Waals surface area contributed by atoms with Crippen molar-refractivity contribution >= 4 is 17.5 Å². The number of hydrogen-bond acceptors (Lipinski definition) is 5. The number of carbonyl (C=O) groups is 2. The van der Waals surface area contributed by atoms with E-state index in [2.05, 4.69) is 15.7 Å². The topological polar surface area (TPSA) is 112 Å². The molecule has 9 nitrogen and oxygen atoms in total. The Balaban J connectivity index is 1.48. The van der Waals surface area contributed by atoms with Crippen molar-refractivity contribution in [1.29, 1.82) is 0 Å². The molecule has 0 radical (unpaired) electrons. The molecule has 3 aromatic carbocycles. The SMILES string of the molecule is COc1c[n+]([O-])ccc1-c1ccc(NC(=O)C(NC(=O)c2ccnn2C)C(c2ccccc2)c2ccccc2)cc1. The number of amides is 2. The first-order valence-electron chi connectivity index (χ1n) is 13.0. The predicted molar refractivity (Wildman–Crippen MR) is 155 cm³/mol. The number of methoxy groups -OCH3 is 1. The lowest BCUT2D eigenvalue weighted by atomic mass is 9.84. The van der Waals surface area contributed by atoms with Gasteiger partial charge in [0.15, 0.2) is 11.9 Å². The maximum absolute atomic E-state index is 14.0. The molecule has 2 N–H and O–H groups in total. The van der Waals surface area contributed by atoms with Crippen LogP contribution in [0.25, 0.3) is 11.1 Å². The summed E-state index contributed by atoms with van der Waals surface area (Å²) in [6.07, 6.45) is 4.29. The van der Waals surface area contributed by atoms with Gasteiger partial charge in [0.2, 0.25) is 12.1 Å². The lowest BCUT2D eigenvalue weighted by Crippen LogP contribution is -2.48. The molecule has 2 heterocycles. The van der Waals surface area contributed by atoms with Gasteiger partial charge in [0.25, 0.3) is 5.91 Å². The number of aromatic nitrogens is 3. The molecule has 1 unspecified atom stereocenters. The summed E-state index contributed by atoms with van der Waals surface area (Å²) in [5.41, 5.74) is 4.20. The van der Waals surface area contributed by atoms with Crippen molar-refractivity contribution in [2.24, 2.45) is 7.05 Å². The van der Waals surface area contributed by atoms with Crippen LogP contribution in [0.2, 0.25) is 0 Å². The molecule has 1 atom stereocenters. The molecule has 0 spiro atoms. The lowest BCUT2D eigenvalue weighted by molar-refractivity contribution is -0.605. The van der Waals surface area contributed by atoms with Crippen molar-refractivity contribution in [2.75, 3.05) is 12.4 Å². The fourth-order valence-corrected chi connectivity index (χ4v) is 4.82. The van der Waals surface area contributed by atoms with Gasteiger partial charge in [-0.05, 0) is 34.9 Å². The van der Waals surface area contributed by atoms with Gasteiger partial charge in [-0.15, -0.1) is 0 Å². The first-order valence-corrected chi connectivity index (χ1v) is 13.0. The van der Waals surface area contributed by atoms with Crippen LogP contribution in [0.5, 0.6) is 5.75 Å². The van der Waals surface area contributed by atoms with Gasteiger partial charge >= 0.3 is 0 Å². The van der Waals surface area contributed by atoms with E-state index in [0.29, 0.717) is 21.9 Å². The summed E-state index contributed by atoms with van der Waals surface area (Å²) in [5, 5.41) is 21.7. The molecule has 5 aromatic rings. The highest BCUT2D eigenvalue weighted by molar-refractivity contribution is 6.01. The number of hydrogen-bond donors (Lipinski definition) is 2. The molecule has 0 saturated carbocycles. The third kappa shape index (κ3) is 6.09. The Bertz CT molecular complexity index is 1600. The normalized spacial score (nSPS) is 11.6. The fraction of sp³-hybridized carbons (Fsp3) is 0.125. The van der Waals surface area contributed by atoms with E-state index in [1.807, 2.05) is 72.8 Å². The Kier molecular flexibility index (Phi) is 8.05. The van der Waals surface area contributed by atoms with Crippen LogP contribution >= 0.6 is 0 Å². The average molecular weight is 548 g/mol. The highest BCUT2D eigenvalue weighted by Gasteiger charge is 2.33. The van der Waals surface area contributed by atoms with Crippen LogP contribution in [-0.4, -0.2) is 34.7 Å². The van der Waals surface area contributed by atoms with E-state index in [9.17, 15) is 14.8 Å². The van der Waals surface area contributed by atoms with Crippen molar-refractivity contribution in [2.45, 2.75) is 12.0 Å². The van der Waals surface area contributed by atoms with Crippen molar-refractivity contribution < 1.29 is 19.1 Å². The summed E-state index contributed by atoms with van der Waals surface area (Å²) in [4.78, 5) is 27.3. The van der Waals surface area contributed by atoms with E-state index in [1.54, 1.807) is 31.3 Å². The van der Waals surface area contributed by atoms with E-state index in [-0.39, 0.29) is 5.91 Å². The van der Waals surface area contributed by atoms with Crippen LogP contribution in [0.3, 0.4) is 0 Å². The first-order chi connectivity index (χ1) is 19.9. The molecule has 2 amide bonds. The van der Waals surface area contributed by atoms with Gasteiger partial charge in [0.05, 0.1) is 7.11 Å². The fourth-order valence-electron chi connectivity index (χ4n) is 4.82. The molecule has 9 heteroatoms. The van der Waals surface area contributed by atoms with Gasteiger partial charge in [0, 0.05) is 36.5 Å². The first kappa shape index (κ1) is 27.1. The number of nitrogens with one attached hydrogen (secondary N) is 2. The van der Waals surface area contributed by atoms with Crippen LogP contribution in [-0.2, 0) is 11.8 Å². The van der Waals surface area contributed by atoms with Crippen LogP contribution in [0.4, 0.5) is 5.69 Å². The smallest absolute Gasteiger partial charge is 0.270 e. The van der Waals surface area contributed by atoms with Gasteiger partial charge in [-0.3, -0.25) is 14.3 Å². The van der Waals surface area contributed by atoms with Gasteiger partial charge in [-0.1, -0.05) is 72.8 Å². The molecule has 5 rings (SSSR count). The largest absolute Gasteiger partial charge is 0.619 e. The third-order valence-corrected chi connectivity index (χ3v) is 6.85. The molecule has 206 valence electrons. The Morgan fingerprint density at radius 2 is 1.54 bits per heavy atom. The summed E-state index contributed by atoms with van der Waals surface area (Å²) < 4.78 is 7.50. The average Bonchev–Trinajstić information content (AvgIpc) is 3.44. The maximum atomic E-state index is 14.0. The Labute approximate surface area is 237 Å². The summed E-state index contributed by atoms with van der Waals surface area (Å²) in [7, 11) is 3.18. The van der Waals surface area contributed by atoms with E-state index >= 15 is 0 Å². The van der Waals surface area contributed by atoms with E-state index in [1.165, 1.54) is 30.4 Å². The summed E-state index contributed by atoms with van der Waals surface area (Å²) >= 11 is 0. The van der Waals surface area contributed by atoms with E-state index in [4.69, 9.17) is 4.74 Å². The molecule has 0 fully saturated rings. The van der Waals surface area contributed by atoms with Gasteiger partial charge in [-0.25, -0.2) is 0 Å².